The van der Waals surface area contributed by atoms with Crippen molar-refractivity contribution in [1.82, 2.24) is 5.32 Å². The van der Waals surface area contributed by atoms with E-state index in [1.54, 1.807) is 43.3 Å². The lowest BCUT2D eigenvalue weighted by Crippen LogP contribution is -2.30. The zero-order chi connectivity index (χ0) is 20.5. The normalized spacial score (nSPS) is 11.8. The highest BCUT2D eigenvalue weighted by atomic mass is 79.9. The van der Waals surface area contributed by atoms with Crippen LogP contribution in [0, 0.1) is 0 Å². The van der Waals surface area contributed by atoms with Gasteiger partial charge in [-0.05, 0) is 74.7 Å². The second kappa shape index (κ2) is 8.23. The van der Waals surface area contributed by atoms with E-state index in [2.05, 4.69) is 21.2 Å². The quantitative estimate of drug-likeness (QED) is 0.538. The van der Waals surface area contributed by atoms with E-state index < -0.39 is 10.0 Å². The molecule has 28 heavy (non-hydrogen) atoms. The molecule has 0 saturated carbocycles. The first-order chi connectivity index (χ1) is 13.2. The Bertz CT molecular complexity index is 1110. The molecule has 1 N–H and O–H groups in total. The van der Waals surface area contributed by atoms with E-state index in [1.165, 1.54) is 15.6 Å². The molecule has 0 spiro atoms. The van der Waals surface area contributed by atoms with Crippen molar-refractivity contribution in [3.8, 4) is 0 Å². The first-order valence-corrected chi connectivity index (χ1v) is 11.9. The number of carbonyl (C=O) groups is 1. The van der Waals surface area contributed by atoms with Crippen molar-refractivity contribution in [1.29, 1.82) is 0 Å². The second-order valence-electron chi connectivity index (χ2n) is 6.58. The third kappa shape index (κ3) is 4.24. The highest BCUT2D eigenvalue weighted by Crippen LogP contribution is 2.32. The van der Waals surface area contributed by atoms with Gasteiger partial charge >= 0.3 is 0 Å². The lowest BCUT2D eigenvalue weighted by atomic mass is 10.2. The first kappa shape index (κ1) is 20.8. The number of anilines is 1. The van der Waals surface area contributed by atoms with Crippen LogP contribution in [0.1, 0.15) is 30.4 Å². The van der Waals surface area contributed by atoms with Crippen LogP contribution >= 0.6 is 27.3 Å². The van der Waals surface area contributed by atoms with Gasteiger partial charge in [0.05, 0.1) is 15.5 Å². The number of sulfonamides is 1. The molecule has 148 valence electrons. The first-order valence-electron chi connectivity index (χ1n) is 8.85. The lowest BCUT2D eigenvalue weighted by molar-refractivity contribution is 0.0947. The Morgan fingerprint density at radius 3 is 2.43 bits per heavy atom. The van der Waals surface area contributed by atoms with E-state index in [0.717, 1.165) is 14.6 Å². The largest absolute Gasteiger partial charge is 0.349 e. The number of amides is 1. The Kier molecular flexibility index (Phi) is 6.12. The zero-order valence-electron chi connectivity index (χ0n) is 15.8. The van der Waals surface area contributed by atoms with Gasteiger partial charge in [0, 0.05) is 21.8 Å². The summed E-state index contributed by atoms with van der Waals surface area (Å²) in [5, 5.41) is 3.73. The Balaban J connectivity index is 1.98. The number of thiophene rings is 1. The molecular weight excluding hydrogens is 460 g/mol. The number of rotatable bonds is 6. The summed E-state index contributed by atoms with van der Waals surface area (Å²) in [4.78, 5) is 13.1. The average molecular weight is 481 g/mol. The molecule has 0 atom stereocenters. The van der Waals surface area contributed by atoms with E-state index in [9.17, 15) is 13.2 Å². The summed E-state index contributed by atoms with van der Waals surface area (Å²) in [5.74, 6) is -0.118. The molecule has 5 nitrogen and oxygen atoms in total. The molecule has 3 rings (SSSR count). The molecule has 0 aliphatic rings. The van der Waals surface area contributed by atoms with Crippen molar-refractivity contribution in [2.45, 2.75) is 31.7 Å². The molecule has 0 saturated heterocycles. The molecule has 2 aromatic carbocycles. The van der Waals surface area contributed by atoms with Crippen molar-refractivity contribution in [3.05, 3.63) is 57.9 Å². The van der Waals surface area contributed by atoms with Gasteiger partial charge in [-0.3, -0.25) is 9.10 Å². The fourth-order valence-corrected chi connectivity index (χ4v) is 5.53. The fraction of sp³-hybridized carbons (Fsp3) is 0.250. The molecule has 0 radical (unpaired) electrons. The number of halogens is 1. The maximum atomic E-state index is 13.1. The Labute approximate surface area is 177 Å². The predicted octanol–water partition coefficient (Wildman–Crippen LogP) is 5.02. The summed E-state index contributed by atoms with van der Waals surface area (Å²) in [5.41, 5.74) is 0.575. The minimum atomic E-state index is -3.68. The molecular formula is C20H21BrN2O3S2. The van der Waals surface area contributed by atoms with Crippen LogP contribution in [-0.2, 0) is 10.0 Å². The summed E-state index contributed by atoms with van der Waals surface area (Å²) in [7, 11) is -3.68. The Morgan fingerprint density at radius 2 is 1.82 bits per heavy atom. The van der Waals surface area contributed by atoms with E-state index in [1.807, 2.05) is 26.0 Å². The van der Waals surface area contributed by atoms with Crippen LogP contribution in [0.25, 0.3) is 10.1 Å². The molecule has 0 aliphatic carbocycles. The minimum absolute atomic E-state index is 0.0555. The van der Waals surface area contributed by atoms with Gasteiger partial charge in [0.25, 0.3) is 15.9 Å². The standard InChI is InChI=1S/C20H21BrN2O3S2/c1-4-23(28(25,26)17-8-5-15(21)6-9-17)16-7-10-18-14(11-16)12-19(27-18)20(24)22-13(2)3/h5-13H,4H2,1-3H3,(H,22,24). The van der Waals surface area contributed by atoms with Gasteiger partial charge in [0.2, 0.25) is 0 Å². The van der Waals surface area contributed by atoms with E-state index in [-0.39, 0.29) is 16.8 Å². The number of benzene rings is 2. The van der Waals surface area contributed by atoms with Crippen molar-refractivity contribution < 1.29 is 13.2 Å². The number of hydrogen-bond acceptors (Lipinski definition) is 4. The zero-order valence-corrected chi connectivity index (χ0v) is 19.0. The molecule has 1 heterocycles. The molecule has 1 amide bonds. The third-order valence-electron chi connectivity index (χ3n) is 4.12. The number of nitrogens with one attached hydrogen (secondary N) is 1. The summed E-state index contributed by atoms with van der Waals surface area (Å²) >= 11 is 4.72. The highest BCUT2D eigenvalue weighted by molar-refractivity contribution is 9.10. The Hall–Kier alpha value is -1.90. The molecule has 0 fully saturated rings. The second-order valence-corrected chi connectivity index (χ2v) is 10.4. The van der Waals surface area contributed by atoms with E-state index >= 15 is 0 Å². The van der Waals surface area contributed by atoms with Crippen LogP contribution < -0.4 is 9.62 Å². The maximum absolute atomic E-state index is 13.1. The Morgan fingerprint density at radius 1 is 1.14 bits per heavy atom. The van der Waals surface area contributed by atoms with Gasteiger partial charge in [-0.25, -0.2) is 8.42 Å². The molecule has 0 aliphatic heterocycles. The van der Waals surface area contributed by atoms with Crippen LogP contribution in [0.2, 0.25) is 0 Å². The number of nitrogens with zero attached hydrogens (tertiary/aromatic N) is 1. The number of carbonyl (C=O) groups excluding carboxylic acids is 1. The van der Waals surface area contributed by atoms with Gasteiger partial charge in [0.15, 0.2) is 0 Å². The summed E-state index contributed by atoms with van der Waals surface area (Å²) in [6.45, 7) is 5.93. The van der Waals surface area contributed by atoms with Crippen molar-refractivity contribution >= 4 is 59.0 Å². The van der Waals surface area contributed by atoms with E-state index in [4.69, 9.17) is 0 Å². The highest BCUT2D eigenvalue weighted by Gasteiger charge is 2.24. The SMILES string of the molecule is CCN(c1ccc2sc(C(=O)NC(C)C)cc2c1)S(=O)(=O)c1ccc(Br)cc1. The van der Waals surface area contributed by atoms with Crippen LogP contribution in [0.15, 0.2) is 57.9 Å². The van der Waals surface area contributed by atoms with Crippen molar-refractivity contribution in [2.75, 3.05) is 10.8 Å². The van der Waals surface area contributed by atoms with Crippen LogP contribution in [0.5, 0.6) is 0 Å². The maximum Gasteiger partial charge on any atom is 0.264 e. The number of fused-ring (bicyclic) bond motifs is 1. The predicted molar refractivity (Wildman–Crippen MR) is 119 cm³/mol. The van der Waals surface area contributed by atoms with Gasteiger partial charge in [0.1, 0.15) is 0 Å². The third-order valence-corrected chi connectivity index (χ3v) is 7.68. The van der Waals surface area contributed by atoms with Gasteiger partial charge in [-0.1, -0.05) is 15.9 Å². The smallest absolute Gasteiger partial charge is 0.264 e. The van der Waals surface area contributed by atoms with Crippen molar-refractivity contribution in [2.24, 2.45) is 0 Å². The van der Waals surface area contributed by atoms with Crippen LogP contribution in [-0.4, -0.2) is 26.9 Å². The molecule has 0 bridgehead atoms. The summed E-state index contributed by atoms with van der Waals surface area (Å²) < 4.78 is 29.3. The molecule has 1 aromatic heterocycles. The lowest BCUT2D eigenvalue weighted by Gasteiger charge is -2.23. The van der Waals surface area contributed by atoms with Gasteiger partial charge in [-0.2, -0.15) is 0 Å². The van der Waals surface area contributed by atoms with Crippen LogP contribution in [0.4, 0.5) is 5.69 Å². The topological polar surface area (TPSA) is 66.5 Å². The molecule has 0 unspecified atom stereocenters. The van der Waals surface area contributed by atoms with Crippen molar-refractivity contribution in [3.63, 3.8) is 0 Å². The molecule has 3 aromatic rings. The monoisotopic (exact) mass is 480 g/mol. The minimum Gasteiger partial charge on any atom is -0.349 e. The van der Waals surface area contributed by atoms with Crippen LogP contribution in [0.3, 0.4) is 0 Å². The molecule has 8 heteroatoms. The van der Waals surface area contributed by atoms with E-state index in [0.29, 0.717) is 17.1 Å². The van der Waals surface area contributed by atoms with Gasteiger partial charge < -0.3 is 5.32 Å². The summed E-state index contributed by atoms with van der Waals surface area (Å²) in [6.07, 6.45) is 0. The van der Waals surface area contributed by atoms with Gasteiger partial charge in [-0.15, -0.1) is 11.3 Å². The summed E-state index contributed by atoms with van der Waals surface area (Å²) in [6, 6.07) is 13.9. The number of hydrogen-bond donors (Lipinski definition) is 1. The fourth-order valence-electron chi connectivity index (χ4n) is 2.86. The average Bonchev–Trinajstić information content (AvgIpc) is 3.05.